The Morgan fingerprint density at radius 2 is 1.57 bits per heavy atom. The van der Waals surface area contributed by atoms with Gasteiger partial charge in [0.15, 0.2) is 0 Å². The van der Waals surface area contributed by atoms with Crippen molar-refractivity contribution < 1.29 is 14.2 Å². The van der Waals surface area contributed by atoms with Crippen molar-refractivity contribution in [3.8, 4) is 0 Å². The Morgan fingerprint density at radius 1 is 1.00 bits per heavy atom. The predicted octanol–water partition coefficient (Wildman–Crippen LogP) is 3.45. The van der Waals surface area contributed by atoms with E-state index >= 15 is 0 Å². The largest absolute Gasteiger partial charge is 0.466 e. The highest BCUT2D eigenvalue weighted by Gasteiger charge is 1.99. The fourth-order valence-corrected chi connectivity index (χ4v) is 1.28. The Bertz CT molecular complexity index is 126. The van der Waals surface area contributed by atoms with Gasteiger partial charge >= 0.3 is 5.97 Å². The van der Waals surface area contributed by atoms with Crippen LogP contribution in [0.1, 0.15) is 58.8 Å². The average Bonchev–Trinajstić information content (AvgIpc) is 2.11. The van der Waals surface area contributed by atoms with Gasteiger partial charge in [-0.3, -0.25) is 9.50 Å². The summed E-state index contributed by atoms with van der Waals surface area (Å²) in [6.45, 7) is 4.56. The minimum atomic E-state index is -0.0435. The summed E-state index contributed by atoms with van der Waals surface area (Å²) < 4.78 is 4.83. The van der Waals surface area contributed by atoms with Crippen LogP contribution in [0.4, 0.5) is 4.70 Å². The van der Waals surface area contributed by atoms with Crippen LogP contribution in [-0.4, -0.2) is 12.6 Å². The van der Waals surface area contributed by atoms with Gasteiger partial charge in [0.25, 0.3) is 0 Å². The molecule has 0 aliphatic carbocycles. The highest BCUT2D eigenvalue weighted by atomic mass is 19.0. The van der Waals surface area contributed by atoms with Crippen molar-refractivity contribution in [2.45, 2.75) is 58.8 Å². The van der Waals surface area contributed by atoms with Gasteiger partial charge in [-0.2, -0.15) is 0 Å². The summed E-state index contributed by atoms with van der Waals surface area (Å²) in [6.07, 6.45) is 7.91. The smallest absolute Gasteiger partial charge is 0.305 e. The van der Waals surface area contributed by atoms with E-state index in [2.05, 4.69) is 6.92 Å². The quantitative estimate of drug-likeness (QED) is 0.449. The topological polar surface area (TPSA) is 26.3 Å². The van der Waals surface area contributed by atoms with E-state index in [4.69, 9.17) is 4.74 Å². The first-order chi connectivity index (χ1) is 6.31. The Labute approximate surface area is 86.4 Å². The molecule has 0 amide bonds. The first-order valence-corrected chi connectivity index (χ1v) is 5.46. The highest BCUT2D eigenvalue weighted by Crippen LogP contribution is 2.07. The molecular formula is C11H23FO2. The third-order valence-corrected chi connectivity index (χ3v) is 2.04. The molecule has 14 heavy (non-hydrogen) atoms. The lowest BCUT2D eigenvalue weighted by molar-refractivity contribution is -0.143. The number of unbranched alkanes of at least 4 members (excludes halogenated alkanes) is 5. The highest BCUT2D eigenvalue weighted by molar-refractivity contribution is 5.69. The van der Waals surface area contributed by atoms with Gasteiger partial charge in [-0.15, -0.1) is 0 Å². The number of rotatable bonds is 8. The number of hydrogen-bond donors (Lipinski definition) is 0. The van der Waals surface area contributed by atoms with Crippen LogP contribution in [0.15, 0.2) is 0 Å². The van der Waals surface area contributed by atoms with E-state index < -0.39 is 0 Å². The number of carbonyl (C=O) groups is 1. The summed E-state index contributed by atoms with van der Waals surface area (Å²) in [4.78, 5) is 10.9. The van der Waals surface area contributed by atoms with Gasteiger partial charge in [0, 0.05) is 6.42 Å². The number of halogens is 1. The Morgan fingerprint density at radius 3 is 2.14 bits per heavy atom. The lowest BCUT2D eigenvalue weighted by atomic mass is 10.1. The summed E-state index contributed by atoms with van der Waals surface area (Å²) in [7, 11) is 0. The third-order valence-electron chi connectivity index (χ3n) is 2.04. The summed E-state index contributed by atoms with van der Waals surface area (Å²) in [5.74, 6) is -0.0435. The zero-order chi connectivity index (χ0) is 9.94. The van der Waals surface area contributed by atoms with Gasteiger partial charge in [-0.1, -0.05) is 39.0 Å². The molecule has 0 aromatic rings. The van der Waals surface area contributed by atoms with E-state index in [1.807, 2.05) is 6.92 Å². The van der Waals surface area contributed by atoms with Crippen molar-refractivity contribution in [2.24, 2.45) is 0 Å². The minimum absolute atomic E-state index is 0. The zero-order valence-corrected chi connectivity index (χ0v) is 9.38. The molecule has 2 nitrogen and oxygen atoms in total. The maximum Gasteiger partial charge on any atom is 0.305 e. The molecule has 0 rings (SSSR count). The van der Waals surface area contributed by atoms with Crippen molar-refractivity contribution in [3.63, 3.8) is 0 Å². The first-order valence-electron chi connectivity index (χ1n) is 5.46. The summed E-state index contributed by atoms with van der Waals surface area (Å²) in [5.41, 5.74) is 0. The predicted molar refractivity (Wildman–Crippen MR) is 57.1 cm³/mol. The molecule has 0 fully saturated rings. The number of ether oxygens (including phenoxy) is 1. The molecule has 0 saturated carbocycles. The van der Waals surface area contributed by atoms with E-state index in [0.29, 0.717) is 13.0 Å². The molecule has 0 aromatic carbocycles. The van der Waals surface area contributed by atoms with Crippen LogP contribution in [-0.2, 0) is 9.53 Å². The molecule has 3 heteroatoms. The van der Waals surface area contributed by atoms with Crippen LogP contribution in [0.25, 0.3) is 0 Å². The van der Waals surface area contributed by atoms with Crippen LogP contribution in [0.3, 0.4) is 0 Å². The van der Waals surface area contributed by atoms with Gasteiger partial charge in [-0.05, 0) is 13.3 Å². The molecule has 0 unspecified atom stereocenters. The second kappa shape index (κ2) is 12.4. The Hall–Kier alpha value is -0.600. The second-order valence-electron chi connectivity index (χ2n) is 3.32. The van der Waals surface area contributed by atoms with E-state index in [1.54, 1.807) is 0 Å². The SMILES string of the molecule is CCCCCCCCC(=O)OCC.F. The molecule has 0 aliphatic rings. The molecule has 0 heterocycles. The molecule has 0 bridgehead atoms. The average molecular weight is 206 g/mol. The van der Waals surface area contributed by atoms with Crippen LogP contribution in [0.5, 0.6) is 0 Å². The van der Waals surface area contributed by atoms with Crippen LogP contribution in [0.2, 0.25) is 0 Å². The number of esters is 1. The van der Waals surface area contributed by atoms with Crippen molar-refractivity contribution in [1.29, 1.82) is 0 Å². The number of carbonyl (C=O) groups excluding carboxylic acids is 1. The maximum absolute atomic E-state index is 10.9. The van der Waals surface area contributed by atoms with Crippen LogP contribution in [0, 0.1) is 0 Å². The molecule has 0 atom stereocenters. The minimum Gasteiger partial charge on any atom is -0.466 e. The van der Waals surface area contributed by atoms with Gasteiger partial charge < -0.3 is 4.74 Å². The zero-order valence-electron chi connectivity index (χ0n) is 9.38. The lowest BCUT2D eigenvalue weighted by Crippen LogP contribution is -2.03. The van der Waals surface area contributed by atoms with E-state index in [9.17, 15) is 4.79 Å². The van der Waals surface area contributed by atoms with Gasteiger partial charge in [0.05, 0.1) is 6.61 Å². The molecule has 0 aliphatic heterocycles. The fourth-order valence-electron chi connectivity index (χ4n) is 1.28. The summed E-state index contributed by atoms with van der Waals surface area (Å²) in [6, 6.07) is 0. The Balaban J connectivity index is 0. The molecule has 0 aromatic heterocycles. The Kier molecular flexibility index (Phi) is 14.0. The van der Waals surface area contributed by atoms with E-state index in [-0.39, 0.29) is 10.7 Å². The molecule has 0 spiro atoms. The standard InChI is InChI=1S/C11H22O2.FH/c1-3-5-6-7-8-9-10-11(12)13-4-2;/h3-10H2,1-2H3;1H. The molecule has 0 N–H and O–H groups in total. The summed E-state index contributed by atoms with van der Waals surface area (Å²) >= 11 is 0. The maximum atomic E-state index is 10.9. The monoisotopic (exact) mass is 206 g/mol. The van der Waals surface area contributed by atoms with Crippen molar-refractivity contribution in [3.05, 3.63) is 0 Å². The van der Waals surface area contributed by atoms with Gasteiger partial charge in [-0.25, -0.2) is 0 Å². The van der Waals surface area contributed by atoms with Crippen LogP contribution < -0.4 is 0 Å². The van der Waals surface area contributed by atoms with Crippen molar-refractivity contribution >= 4 is 5.97 Å². The second-order valence-corrected chi connectivity index (χ2v) is 3.32. The molecular weight excluding hydrogens is 183 g/mol. The fraction of sp³-hybridized carbons (Fsp3) is 0.909. The third kappa shape index (κ3) is 11.4. The first kappa shape index (κ1) is 15.9. The number of hydrogen-bond acceptors (Lipinski definition) is 2. The summed E-state index contributed by atoms with van der Waals surface area (Å²) in [5, 5.41) is 0. The molecule has 0 radical (unpaired) electrons. The van der Waals surface area contributed by atoms with E-state index in [0.717, 1.165) is 6.42 Å². The van der Waals surface area contributed by atoms with Crippen molar-refractivity contribution in [1.82, 2.24) is 0 Å². The van der Waals surface area contributed by atoms with E-state index in [1.165, 1.54) is 32.1 Å². The molecule has 86 valence electrons. The normalized spacial score (nSPS) is 9.29. The van der Waals surface area contributed by atoms with Crippen molar-refractivity contribution in [2.75, 3.05) is 6.61 Å². The van der Waals surface area contributed by atoms with Gasteiger partial charge in [0.2, 0.25) is 0 Å². The lowest BCUT2D eigenvalue weighted by Gasteiger charge is -2.01. The van der Waals surface area contributed by atoms with Gasteiger partial charge in [0.1, 0.15) is 0 Å². The molecule has 0 saturated heterocycles. The van der Waals surface area contributed by atoms with Crippen LogP contribution >= 0.6 is 0 Å².